The lowest BCUT2D eigenvalue weighted by molar-refractivity contribution is -0.118. The molecule has 2 rings (SSSR count). The summed E-state index contributed by atoms with van der Waals surface area (Å²) in [5.74, 6) is -0.447. The minimum atomic E-state index is -0.522. The molecule has 0 bridgehead atoms. The highest BCUT2D eigenvalue weighted by atomic mass is 35.5. The van der Waals surface area contributed by atoms with Gasteiger partial charge < -0.3 is 10.1 Å². The van der Waals surface area contributed by atoms with E-state index >= 15 is 0 Å². The number of hydrogen-bond acceptors (Lipinski definition) is 2. The van der Waals surface area contributed by atoms with Crippen molar-refractivity contribution in [2.24, 2.45) is 0 Å². The first-order chi connectivity index (χ1) is 10.5. The molecule has 0 saturated heterocycles. The third kappa shape index (κ3) is 3.98. The molecule has 5 heteroatoms. The Morgan fingerprint density at radius 1 is 1.32 bits per heavy atom. The van der Waals surface area contributed by atoms with E-state index in [9.17, 15) is 9.18 Å². The lowest BCUT2D eigenvalue weighted by Crippen LogP contribution is -2.21. The summed E-state index contributed by atoms with van der Waals surface area (Å²) in [6.45, 7) is 3.80. The van der Waals surface area contributed by atoms with Crippen LogP contribution in [0.3, 0.4) is 0 Å². The van der Waals surface area contributed by atoms with Gasteiger partial charge in [-0.15, -0.1) is 0 Å². The molecule has 116 valence electrons. The summed E-state index contributed by atoms with van der Waals surface area (Å²) < 4.78 is 18.4. The summed E-state index contributed by atoms with van der Waals surface area (Å²) in [6, 6.07) is 9.85. The highest BCUT2D eigenvalue weighted by Gasteiger charge is 2.10. The van der Waals surface area contributed by atoms with Crippen molar-refractivity contribution < 1.29 is 13.9 Å². The molecule has 0 aliphatic rings. The number of hydrogen-bond donors (Lipinski definition) is 1. The van der Waals surface area contributed by atoms with Gasteiger partial charge in [0.25, 0.3) is 5.91 Å². The smallest absolute Gasteiger partial charge is 0.262 e. The molecule has 0 atom stereocenters. The van der Waals surface area contributed by atoms with E-state index in [1.807, 2.05) is 32.0 Å². The van der Waals surface area contributed by atoms with Crippen LogP contribution in [0, 0.1) is 12.7 Å². The molecular formula is C17H17ClFNO2. The van der Waals surface area contributed by atoms with E-state index in [0.29, 0.717) is 5.75 Å². The van der Waals surface area contributed by atoms with Crippen molar-refractivity contribution in [1.29, 1.82) is 0 Å². The Bertz CT molecular complexity index is 688. The second kappa shape index (κ2) is 7.27. The number of carbonyl (C=O) groups is 1. The molecule has 1 N–H and O–H groups in total. The minimum absolute atomic E-state index is 0.0370. The van der Waals surface area contributed by atoms with Crippen LogP contribution in [0.4, 0.5) is 10.1 Å². The first-order valence-electron chi connectivity index (χ1n) is 6.97. The van der Waals surface area contributed by atoms with Gasteiger partial charge in [0, 0.05) is 11.8 Å². The molecule has 0 unspecified atom stereocenters. The van der Waals surface area contributed by atoms with Gasteiger partial charge in [-0.3, -0.25) is 4.79 Å². The number of anilines is 1. The number of rotatable bonds is 5. The van der Waals surface area contributed by atoms with Crippen molar-refractivity contribution in [3.05, 3.63) is 58.4 Å². The summed E-state index contributed by atoms with van der Waals surface area (Å²) >= 11 is 5.66. The first kappa shape index (κ1) is 16.3. The Balaban J connectivity index is 2.00. The minimum Gasteiger partial charge on any atom is -0.484 e. The molecule has 0 heterocycles. The summed E-state index contributed by atoms with van der Waals surface area (Å²) in [5.41, 5.74) is 2.88. The van der Waals surface area contributed by atoms with E-state index < -0.39 is 5.82 Å². The summed E-state index contributed by atoms with van der Waals surface area (Å²) in [7, 11) is 0. The molecule has 0 aliphatic carbocycles. The quantitative estimate of drug-likeness (QED) is 0.888. The van der Waals surface area contributed by atoms with Crippen LogP contribution < -0.4 is 10.1 Å². The van der Waals surface area contributed by atoms with Crippen LogP contribution in [-0.4, -0.2) is 12.5 Å². The van der Waals surface area contributed by atoms with Gasteiger partial charge in [0.05, 0.1) is 5.02 Å². The van der Waals surface area contributed by atoms with Crippen LogP contribution >= 0.6 is 11.6 Å². The Labute approximate surface area is 134 Å². The normalized spacial score (nSPS) is 10.4. The van der Waals surface area contributed by atoms with E-state index in [4.69, 9.17) is 16.3 Å². The molecule has 1 amide bonds. The number of nitrogens with one attached hydrogen (secondary N) is 1. The molecule has 3 nitrogen and oxygen atoms in total. The van der Waals surface area contributed by atoms with E-state index in [-0.39, 0.29) is 17.5 Å². The average Bonchev–Trinajstić information content (AvgIpc) is 2.50. The van der Waals surface area contributed by atoms with Gasteiger partial charge in [-0.2, -0.15) is 0 Å². The van der Waals surface area contributed by atoms with Crippen molar-refractivity contribution in [1.82, 2.24) is 0 Å². The zero-order valence-corrected chi connectivity index (χ0v) is 13.2. The van der Waals surface area contributed by atoms with Gasteiger partial charge in [0.1, 0.15) is 11.6 Å². The summed E-state index contributed by atoms with van der Waals surface area (Å²) in [4.78, 5) is 12.0. The molecule has 0 radical (unpaired) electrons. The van der Waals surface area contributed by atoms with Gasteiger partial charge in [-0.25, -0.2) is 4.39 Å². The standard InChI is InChI=1S/C17H17ClFNO2/c1-3-12-6-4-5-11(2)17(12)20-16(21)10-22-13-7-8-15(19)14(18)9-13/h4-9H,3,10H2,1-2H3,(H,20,21). The molecule has 2 aromatic carbocycles. The fraction of sp³-hybridized carbons (Fsp3) is 0.235. The highest BCUT2D eigenvalue weighted by molar-refractivity contribution is 6.30. The molecule has 0 spiro atoms. The molecule has 0 aromatic heterocycles. The Kier molecular flexibility index (Phi) is 5.39. The van der Waals surface area contributed by atoms with Crippen LogP contribution in [-0.2, 0) is 11.2 Å². The topological polar surface area (TPSA) is 38.3 Å². The number of ether oxygens (including phenoxy) is 1. The number of benzene rings is 2. The third-order valence-electron chi connectivity index (χ3n) is 3.27. The Morgan fingerprint density at radius 3 is 2.77 bits per heavy atom. The maximum Gasteiger partial charge on any atom is 0.262 e. The third-order valence-corrected chi connectivity index (χ3v) is 3.56. The van der Waals surface area contributed by atoms with Crippen molar-refractivity contribution in [2.75, 3.05) is 11.9 Å². The van der Waals surface area contributed by atoms with Crippen molar-refractivity contribution in [3.8, 4) is 5.75 Å². The molecule has 0 fully saturated rings. The fourth-order valence-electron chi connectivity index (χ4n) is 2.09. The number of halogens is 2. The molecule has 2 aromatic rings. The van der Waals surface area contributed by atoms with Crippen molar-refractivity contribution in [3.63, 3.8) is 0 Å². The van der Waals surface area contributed by atoms with Gasteiger partial charge in [-0.05, 0) is 36.6 Å². The van der Waals surface area contributed by atoms with Crippen molar-refractivity contribution in [2.45, 2.75) is 20.3 Å². The lowest BCUT2D eigenvalue weighted by atomic mass is 10.1. The molecule has 0 aliphatic heterocycles. The molecular weight excluding hydrogens is 305 g/mol. The van der Waals surface area contributed by atoms with Gasteiger partial charge >= 0.3 is 0 Å². The SMILES string of the molecule is CCc1cccc(C)c1NC(=O)COc1ccc(F)c(Cl)c1. The average molecular weight is 322 g/mol. The second-order valence-electron chi connectivity index (χ2n) is 4.88. The lowest BCUT2D eigenvalue weighted by Gasteiger charge is -2.13. The number of carbonyl (C=O) groups excluding carboxylic acids is 1. The highest BCUT2D eigenvalue weighted by Crippen LogP contribution is 2.22. The second-order valence-corrected chi connectivity index (χ2v) is 5.28. The zero-order chi connectivity index (χ0) is 16.1. The van der Waals surface area contributed by atoms with Crippen LogP contribution in [0.1, 0.15) is 18.1 Å². The Hall–Kier alpha value is -2.07. The molecule has 22 heavy (non-hydrogen) atoms. The maximum atomic E-state index is 13.0. The zero-order valence-electron chi connectivity index (χ0n) is 12.5. The predicted molar refractivity (Wildman–Crippen MR) is 86.1 cm³/mol. The first-order valence-corrected chi connectivity index (χ1v) is 7.35. The molecule has 0 saturated carbocycles. The maximum absolute atomic E-state index is 13.0. The van der Waals surface area contributed by atoms with Gasteiger partial charge in [0.2, 0.25) is 0 Å². The van der Waals surface area contributed by atoms with Crippen LogP contribution in [0.2, 0.25) is 5.02 Å². The monoisotopic (exact) mass is 321 g/mol. The van der Waals surface area contributed by atoms with E-state index in [2.05, 4.69) is 5.32 Å². The van der Waals surface area contributed by atoms with Crippen LogP contribution in [0.15, 0.2) is 36.4 Å². The summed E-state index contributed by atoms with van der Waals surface area (Å²) in [5, 5.41) is 2.82. The van der Waals surface area contributed by atoms with Gasteiger partial charge in [-0.1, -0.05) is 36.7 Å². The van der Waals surface area contributed by atoms with Crippen LogP contribution in [0.25, 0.3) is 0 Å². The number of para-hydroxylation sites is 1. The number of amides is 1. The van der Waals surface area contributed by atoms with Crippen LogP contribution in [0.5, 0.6) is 5.75 Å². The Morgan fingerprint density at radius 2 is 2.09 bits per heavy atom. The van der Waals surface area contributed by atoms with Gasteiger partial charge in [0.15, 0.2) is 6.61 Å². The summed E-state index contributed by atoms with van der Waals surface area (Å²) in [6.07, 6.45) is 0.825. The fourth-order valence-corrected chi connectivity index (χ4v) is 2.26. The van der Waals surface area contributed by atoms with E-state index in [0.717, 1.165) is 23.2 Å². The van der Waals surface area contributed by atoms with E-state index in [1.54, 1.807) is 0 Å². The van der Waals surface area contributed by atoms with E-state index in [1.165, 1.54) is 18.2 Å². The largest absolute Gasteiger partial charge is 0.484 e. The predicted octanol–water partition coefficient (Wildman–Crippen LogP) is 4.37. The number of aryl methyl sites for hydroxylation is 2. The van der Waals surface area contributed by atoms with Crippen molar-refractivity contribution >= 4 is 23.2 Å².